The number of amides is 1. The van der Waals surface area contributed by atoms with Crippen molar-refractivity contribution in [1.82, 2.24) is 5.32 Å². The molecule has 2 nitrogen and oxygen atoms in total. The summed E-state index contributed by atoms with van der Waals surface area (Å²) in [7, 11) is 0. The molecule has 0 bridgehead atoms. The second-order valence-corrected chi connectivity index (χ2v) is 5.74. The Bertz CT molecular complexity index is 703. The maximum absolute atomic E-state index is 12.1. The Labute approximate surface area is 128 Å². The number of carbonyl (C=O) groups is 1. The van der Waals surface area contributed by atoms with E-state index in [4.69, 9.17) is 0 Å². The highest BCUT2D eigenvalue weighted by Crippen LogP contribution is 2.19. The van der Waals surface area contributed by atoms with Crippen molar-refractivity contribution in [3.63, 3.8) is 0 Å². The van der Waals surface area contributed by atoms with Crippen molar-refractivity contribution in [1.29, 1.82) is 0 Å². The molecular weight excluding hydrogens is 278 g/mol. The largest absolute Gasteiger partial charge is 0.347 e. The minimum Gasteiger partial charge on any atom is -0.347 e. The van der Waals surface area contributed by atoms with Crippen molar-refractivity contribution in [2.24, 2.45) is 0 Å². The van der Waals surface area contributed by atoms with Crippen molar-refractivity contribution in [3.05, 3.63) is 82.6 Å². The molecule has 0 unspecified atom stereocenters. The first-order valence-electron chi connectivity index (χ1n) is 6.79. The molecule has 3 heteroatoms. The molecule has 3 aromatic rings. The highest BCUT2D eigenvalue weighted by molar-refractivity contribution is 7.09. The van der Waals surface area contributed by atoms with E-state index in [1.54, 1.807) is 11.3 Å². The van der Waals surface area contributed by atoms with E-state index in [1.807, 2.05) is 60.0 Å². The summed E-state index contributed by atoms with van der Waals surface area (Å²) >= 11 is 1.65. The standard InChI is InChI=1S/C18H15NOS/c20-18(19-13-17-7-4-12-21-17)16-10-8-15(9-11-16)14-5-2-1-3-6-14/h1-12H,13H2,(H,19,20). The quantitative estimate of drug-likeness (QED) is 0.761. The number of rotatable bonds is 4. The topological polar surface area (TPSA) is 29.1 Å². The van der Waals surface area contributed by atoms with Crippen LogP contribution in [0.4, 0.5) is 0 Å². The Hall–Kier alpha value is -2.39. The zero-order valence-electron chi connectivity index (χ0n) is 11.5. The molecule has 21 heavy (non-hydrogen) atoms. The minimum atomic E-state index is -0.0389. The third-order valence-corrected chi connectivity index (χ3v) is 4.13. The summed E-state index contributed by atoms with van der Waals surface area (Å²) in [6.45, 7) is 0.580. The fourth-order valence-corrected chi connectivity index (χ4v) is 2.77. The highest BCUT2D eigenvalue weighted by Gasteiger charge is 2.06. The predicted octanol–water partition coefficient (Wildman–Crippen LogP) is 4.35. The Morgan fingerprint density at radius 3 is 2.24 bits per heavy atom. The molecule has 0 atom stereocenters. The van der Waals surface area contributed by atoms with Gasteiger partial charge in [0.05, 0.1) is 6.54 Å². The van der Waals surface area contributed by atoms with Gasteiger partial charge in [-0.15, -0.1) is 11.3 Å². The summed E-state index contributed by atoms with van der Waals surface area (Å²) in [5, 5.41) is 4.94. The average Bonchev–Trinajstić information content (AvgIpc) is 3.07. The molecule has 0 radical (unpaired) electrons. The molecule has 1 aromatic heterocycles. The second-order valence-electron chi connectivity index (χ2n) is 4.71. The summed E-state index contributed by atoms with van der Waals surface area (Å²) in [6, 6.07) is 21.8. The molecule has 2 aromatic carbocycles. The molecule has 3 rings (SSSR count). The van der Waals surface area contributed by atoms with Crippen molar-refractivity contribution >= 4 is 17.2 Å². The van der Waals surface area contributed by atoms with Gasteiger partial charge >= 0.3 is 0 Å². The lowest BCUT2D eigenvalue weighted by Gasteiger charge is -2.05. The third kappa shape index (κ3) is 3.38. The minimum absolute atomic E-state index is 0.0389. The molecular formula is C18H15NOS. The summed E-state index contributed by atoms with van der Waals surface area (Å²) < 4.78 is 0. The molecule has 1 heterocycles. The number of benzene rings is 2. The van der Waals surface area contributed by atoms with Gasteiger partial charge in [0, 0.05) is 10.4 Å². The smallest absolute Gasteiger partial charge is 0.251 e. The summed E-state index contributed by atoms with van der Waals surface area (Å²) in [5.41, 5.74) is 2.96. The first kappa shape index (κ1) is 13.6. The van der Waals surface area contributed by atoms with E-state index in [0.717, 1.165) is 16.0 Å². The first-order chi connectivity index (χ1) is 10.3. The van der Waals surface area contributed by atoms with E-state index in [1.165, 1.54) is 0 Å². The Morgan fingerprint density at radius 1 is 0.857 bits per heavy atom. The number of nitrogens with one attached hydrogen (secondary N) is 1. The molecule has 1 amide bonds. The fraction of sp³-hybridized carbons (Fsp3) is 0.0556. The normalized spacial score (nSPS) is 10.3. The molecule has 0 aliphatic rings. The van der Waals surface area contributed by atoms with Gasteiger partial charge in [0.1, 0.15) is 0 Å². The van der Waals surface area contributed by atoms with Gasteiger partial charge in [-0.25, -0.2) is 0 Å². The lowest BCUT2D eigenvalue weighted by Crippen LogP contribution is -2.22. The maximum Gasteiger partial charge on any atom is 0.251 e. The number of carbonyl (C=O) groups excluding carboxylic acids is 1. The van der Waals surface area contributed by atoms with Crippen LogP contribution in [0.25, 0.3) is 11.1 Å². The molecule has 0 saturated carbocycles. The van der Waals surface area contributed by atoms with Crippen LogP contribution in [-0.4, -0.2) is 5.91 Å². The van der Waals surface area contributed by atoms with Crippen LogP contribution in [0.1, 0.15) is 15.2 Å². The van der Waals surface area contributed by atoms with Crippen molar-refractivity contribution in [3.8, 4) is 11.1 Å². The Kier molecular flexibility index (Phi) is 4.12. The summed E-state index contributed by atoms with van der Waals surface area (Å²) in [6.07, 6.45) is 0. The van der Waals surface area contributed by atoms with Crippen LogP contribution < -0.4 is 5.32 Å². The first-order valence-corrected chi connectivity index (χ1v) is 7.67. The van der Waals surface area contributed by atoms with E-state index < -0.39 is 0 Å². The molecule has 0 aliphatic carbocycles. The van der Waals surface area contributed by atoms with E-state index in [2.05, 4.69) is 17.4 Å². The molecule has 104 valence electrons. The zero-order valence-corrected chi connectivity index (χ0v) is 12.3. The summed E-state index contributed by atoms with van der Waals surface area (Å²) in [4.78, 5) is 13.2. The lowest BCUT2D eigenvalue weighted by atomic mass is 10.0. The van der Waals surface area contributed by atoms with E-state index >= 15 is 0 Å². The van der Waals surface area contributed by atoms with Crippen molar-refractivity contribution in [2.75, 3.05) is 0 Å². The van der Waals surface area contributed by atoms with Crippen molar-refractivity contribution in [2.45, 2.75) is 6.54 Å². The van der Waals surface area contributed by atoms with Crippen LogP contribution >= 0.6 is 11.3 Å². The molecule has 0 saturated heterocycles. The van der Waals surface area contributed by atoms with Crippen LogP contribution in [0, 0.1) is 0 Å². The Morgan fingerprint density at radius 2 is 1.57 bits per heavy atom. The van der Waals surface area contributed by atoms with Crippen LogP contribution in [0.3, 0.4) is 0 Å². The Balaban J connectivity index is 1.67. The van der Waals surface area contributed by atoms with Crippen molar-refractivity contribution < 1.29 is 4.79 Å². The monoisotopic (exact) mass is 293 g/mol. The number of hydrogen-bond donors (Lipinski definition) is 1. The fourth-order valence-electron chi connectivity index (χ4n) is 2.13. The van der Waals surface area contributed by atoms with Gasteiger partial charge in [-0.3, -0.25) is 4.79 Å². The molecule has 1 N–H and O–H groups in total. The van der Waals surface area contributed by atoms with Gasteiger partial charge < -0.3 is 5.32 Å². The van der Waals surface area contributed by atoms with Gasteiger partial charge in [0.2, 0.25) is 0 Å². The van der Waals surface area contributed by atoms with Gasteiger partial charge in [0.15, 0.2) is 0 Å². The zero-order chi connectivity index (χ0) is 14.5. The van der Waals surface area contributed by atoms with E-state index in [9.17, 15) is 4.79 Å². The number of hydrogen-bond acceptors (Lipinski definition) is 2. The predicted molar refractivity (Wildman–Crippen MR) is 87.4 cm³/mol. The lowest BCUT2D eigenvalue weighted by molar-refractivity contribution is 0.0951. The second kappa shape index (κ2) is 6.37. The average molecular weight is 293 g/mol. The maximum atomic E-state index is 12.1. The molecule has 0 spiro atoms. The molecule has 0 fully saturated rings. The van der Waals surface area contributed by atoms with Crippen LogP contribution in [-0.2, 0) is 6.54 Å². The van der Waals surface area contributed by atoms with E-state index in [-0.39, 0.29) is 5.91 Å². The number of thiophene rings is 1. The SMILES string of the molecule is O=C(NCc1cccs1)c1ccc(-c2ccccc2)cc1. The van der Waals surface area contributed by atoms with Crippen LogP contribution in [0.5, 0.6) is 0 Å². The molecule has 0 aliphatic heterocycles. The van der Waals surface area contributed by atoms with E-state index in [0.29, 0.717) is 12.1 Å². The third-order valence-electron chi connectivity index (χ3n) is 3.26. The van der Waals surface area contributed by atoms with Gasteiger partial charge in [-0.2, -0.15) is 0 Å². The van der Waals surface area contributed by atoms with Gasteiger partial charge in [-0.05, 0) is 34.7 Å². The van der Waals surface area contributed by atoms with Gasteiger partial charge in [-0.1, -0.05) is 48.5 Å². The van der Waals surface area contributed by atoms with Crippen LogP contribution in [0.15, 0.2) is 72.1 Å². The summed E-state index contributed by atoms with van der Waals surface area (Å²) in [5.74, 6) is -0.0389. The van der Waals surface area contributed by atoms with Crippen LogP contribution in [0.2, 0.25) is 0 Å². The highest BCUT2D eigenvalue weighted by atomic mass is 32.1. The van der Waals surface area contributed by atoms with Gasteiger partial charge in [0.25, 0.3) is 5.91 Å².